The number of benzene rings is 2. The highest BCUT2D eigenvalue weighted by atomic mass is 19.1. The Bertz CT molecular complexity index is 962. The minimum atomic E-state index is -0.350. The molecule has 2 aromatic carbocycles. The van der Waals surface area contributed by atoms with Crippen molar-refractivity contribution >= 4 is 11.8 Å². The van der Waals surface area contributed by atoms with E-state index in [1.54, 1.807) is 12.1 Å². The van der Waals surface area contributed by atoms with Crippen molar-refractivity contribution in [2.24, 2.45) is 0 Å². The number of rotatable bonds is 2. The maximum absolute atomic E-state index is 13.5. The monoisotopic (exact) mass is 452 g/mol. The van der Waals surface area contributed by atoms with Gasteiger partial charge >= 0.3 is 0 Å². The lowest BCUT2D eigenvalue weighted by Gasteiger charge is -2.40. The predicted molar refractivity (Wildman–Crippen MR) is 126 cm³/mol. The Labute approximate surface area is 195 Å². The Balaban J connectivity index is 1.68. The van der Waals surface area contributed by atoms with E-state index in [0.717, 1.165) is 44.9 Å². The fraction of sp³-hybridized carbons (Fsp3) is 0.481. The highest BCUT2D eigenvalue weighted by Crippen LogP contribution is 2.31. The third kappa shape index (κ3) is 5.37. The van der Waals surface area contributed by atoms with Gasteiger partial charge in [-0.05, 0) is 81.8 Å². The molecule has 176 valence electrons. The minimum Gasteiger partial charge on any atom is -0.487 e. The molecule has 2 aliphatic rings. The number of halogens is 1. The van der Waals surface area contributed by atoms with Crippen LogP contribution in [0.3, 0.4) is 0 Å². The summed E-state index contributed by atoms with van der Waals surface area (Å²) in [5.74, 6) is 0.160. The van der Waals surface area contributed by atoms with Crippen LogP contribution < -0.4 is 4.74 Å². The molecule has 0 radical (unpaired) electrons. The van der Waals surface area contributed by atoms with Crippen LogP contribution >= 0.6 is 0 Å². The van der Waals surface area contributed by atoms with Crippen LogP contribution in [0.1, 0.15) is 72.6 Å². The maximum Gasteiger partial charge on any atom is 0.257 e. The number of para-hydroxylation sites is 1. The molecule has 1 heterocycles. The van der Waals surface area contributed by atoms with E-state index < -0.39 is 0 Å². The lowest BCUT2D eigenvalue weighted by atomic mass is 9.90. The zero-order chi connectivity index (χ0) is 23.2. The molecule has 1 saturated carbocycles. The average Bonchev–Trinajstić information content (AvgIpc) is 2.85. The lowest BCUT2D eigenvalue weighted by molar-refractivity contribution is 0.0273. The van der Waals surface area contributed by atoms with Crippen LogP contribution in [0.4, 0.5) is 4.39 Å². The summed E-state index contributed by atoms with van der Waals surface area (Å²) in [5.41, 5.74) is 1.08. The van der Waals surface area contributed by atoms with Crippen LogP contribution in [0.5, 0.6) is 5.75 Å². The van der Waals surface area contributed by atoms with E-state index >= 15 is 0 Å². The number of carbonyl (C=O) groups is 2. The Morgan fingerprint density at radius 1 is 0.970 bits per heavy atom. The number of nitrogens with zero attached hydrogens (tertiary/aromatic N) is 2. The van der Waals surface area contributed by atoms with Gasteiger partial charge in [-0.15, -0.1) is 0 Å². The number of hydrogen-bond acceptors (Lipinski definition) is 3. The van der Waals surface area contributed by atoms with Gasteiger partial charge in [-0.1, -0.05) is 18.6 Å². The van der Waals surface area contributed by atoms with E-state index in [9.17, 15) is 14.0 Å². The number of carbonyl (C=O) groups excluding carboxylic acids is 2. The van der Waals surface area contributed by atoms with Gasteiger partial charge in [0.25, 0.3) is 11.8 Å². The van der Waals surface area contributed by atoms with Crippen LogP contribution in [0, 0.1) is 5.82 Å². The molecule has 6 heteroatoms. The molecule has 2 aromatic rings. The number of fused-ring (bicyclic) bond motifs is 2. The third-order valence-corrected chi connectivity index (χ3v) is 6.81. The van der Waals surface area contributed by atoms with E-state index in [2.05, 4.69) is 0 Å². The van der Waals surface area contributed by atoms with E-state index in [-0.39, 0.29) is 29.8 Å². The molecule has 33 heavy (non-hydrogen) atoms. The molecule has 0 spiro atoms. The van der Waals surface area contributed by atoms with E-state index in [1.807, 2.05) is 41.0 Å². The molecular weight excluding hydrogens is 419 g/mol. The molecule has 5 nitrogen and oxygen atoms in total. The zero-order valence-corrected chi connectivity index (χ0v) is 19.3. The van der Waals surface area contributed by atoms with Crippen molar-refractivity contribution in [3.05, 3.63) is 65.5 Å². The van der Waals surface area contributed by atoms with Gasteiger partial charge in [0.2, 0.25) is 0 Å². The van der Waals surface area contributed by atoms with Gasteiger partial charge in [0, 0.05) is 25.2 Å². The first-order valence-corrected chi connectivity index (χ1v) is 12.2. The number of hydrogen-bond donors (Lipinski definition) is 0. The van der Waals surface area contributed by atoms with Crippen LogP contribution in [-0.4, -0.2) is 53.4 Å². The molecule has 0 saturated heterocycles. The quantitative estimate of drug-likeness (QED) is 0.621. The summed E-state index contributed by atoms with van der Waals surface area (Å²) in [6.45, 7) is 3.96. The Hall–Kier alpha value is -2.89. The zero-order valence-electron chi connectivity index (χ0n) is 19.3. The van der Waals surface area contributed by atoms with Crippen LogP contribution in [0.25, 0.3) is 0 Å². The number of ether oxygens (including phenoxy) is 1. The highest BCUT2D eigenvalue weighted by Gasteiger charge is 2.35. The van der Waals surface area contributed by atoms with E-state index in [4.69, 9.17) is 4.74 Å². The SMILES string of the molecule is CCN1CCCCCN(C(=O)c2ccc(F)cc2)[C@@H]2CCCC[C@@H]2Oc2ccccc2C1=O. The smallest absolute Gasteiger partial charge is 0.257 e. The molecule has 0 bridgehead atoms. The molecular formula is C27H33FN2O3. The van der Waals surface area contributed by atoms with Gasteiger partial charge in [-0.2, -0.15) is 0 Å². The molecule has 4 rings (SSSR count). The first kappa shape index (κ1) is 23.3. The fourth-order valence-corrected chi connectivity index (χ4v) is 4.99. The number of amides is 2. The van der Waals surface area contributed by atoms with Crippen molar-refractivity contribution in [1.82, 2.24) is 9.80 Å². The van der Waals surface area contributed by atoms with Gasteiger partial charge in [-0.25, -0.2) is 4.39 Å². The largest absolute Gasteiger partial charge is 0.487 e. The Kier molecular flexibility index (Phi) is 7.63. The molecule has 1 aliphatic carbocycles. The summed E-state index contributed by atoms with van der Waals surface area (Å²) in [6.07, 6.45) is 6.22. The van der Waals surface area contributed by atoms with Crippen molar-refractivity contribution in [1.29, 1.82) is 0 Å². The lowest BCUT2D eigenvalue weighted by Crippen LogP contribution is -2.51. The average molecular weight is 453 g/mol. The van der Waals surface area contributed by atoms with Gasteiger partial charge < -0.3 is 14.5 Å². The fourth-order valence-electron chi connectivity index (χ4n) is 4.99. The van der Waals surface area contributed by atoms with E-state index in [0.29, 0.717) is 36.5 Å². The van der Waals surface area contributed by atoms with Crippen LogP contribution in [-0.2, 0) is 0 Å². The predicted octanol–water partition coefficient (Wildman–Crippen LogP) is 5.30. The standard InChI is InChI=1S/C27H33FN2O3/c1-2-29-18-8-3-9-19-30(26(31)20-14-16-21(28)17-15-20)23-11-5-7-13-25(23)33-24-12-6-4-10-22(24)27(29)32/h4,6,10,12,14-17,23,25H,2-3,5,7-9,11,13,18-19H2,1H3/t23-,25+/m1/s1. The van der Waals surface area contributed by atoms with Crippen molar-refractivity contribution < 1.29 is 18.7 Å². The Morgan fingerprint density at radius 2 is 1.70 bits per heavy atom. The first-order chi connectivity index (χ1) is 16.1. The summed E-state index contributed by atoms with van der Waals surface area (Å²) in [6, 6.07) is 13.2. The van der Waals surface area contributed by atoms with Gasteiger partial charge in [0.15, 0.2) is 0 Å². The maximum atomic E-state index is 13.5. The molecule has 2 atom stereocenters. The van der Waals surface area contributed by atoms with Crippen molar-refractivity contribution in [2.75, 3.05) is 19.6 Å². The highest BCUT2D eigenvalue weighted by molar-refractivity contribution is 5.97. The summed E-state index contributed by atoms with van der Waals surface area (Å²) < 4.78 is 20.0. The summed E-state index contributed by atoms with van der Waals surface area (Å²) >= 11 is 0. The molecule has 0 N–H and O–H groups in total. The van der Waals surface area contributed by atoms with Crippen molar-refractivity contribution in [3.8, 4) is 5.75 Å². The molecule has 2 amide bonds. The van der Waals surface area contributed by atoms with Gasteiger partial charge in [0.05, 0.1) is 11.6 Å². The summed E-state index contributed by atoms with van der Waals surface area (Å²) in [5, 5.41) is 0. The topological polar surface area (TPSA) is 49.9 Å². The van der Waals surface area contributed by atoms with Crippen molar-refractivity contribution in [3.63, 3.8) is 0 Å². The van der Waals surface area contributed by atoms with Crippen molar-refractivity contribution in [2.45, 2.75) is 64.0 Å². The molecule has 0 unspecified atom stereocenters. The third-order valence-electron chi connectivity index (χ3n) is 6.81. The summed E-state index contributed by atoms with van der Waals surface area (Å²) in [7, 11) is 0. The molecule has 1 aliphatic heterocycles. The first-order valence-electron chi connectivity index (χ1n) is 12.2. The van der Waals surface area contributed by atoms with Gasteiger partial charge in [0.1, 0.15) is 17.7 Å². The van der Waals surface area contributed by atoms with Gasteiger partial charge in [-0.3, -0.25) is 9.59 Å². The second kappa shape index (κ2) is 10.8. The van der Waals surface area contributed by atoms with E-state index in [1.165, 1.54) is 12.1 Å². The normalized spacial score (nSPS) is 22.2. The molecule has 0 aromatic heterocycles. The van der Waals surface area contributed by atoms with Crippen LogP contribution in [0.2, 0.25) is 0 Å². The summed E-state index contributed by atoms with van der Waals surface area (Å²) in [4.78, 5) is 30.6. The second-order valence-electron chi connectivity index (χ2n) is 8.96. The second-order valence-corrected chi connectivity index (χ2v) is 8.96. The molecule has 1 fully saturated rings. The minimum absolute atomic E-state index is 0.000971. The Morgan fingerprint density at radius 3 is 2.48 bits per heavy atom. The van der Waals surface area contributed by atoms with Crippen LogP contribution in [0.15, 0.2) is 48.5 Å².